The van der Waals surface area contributed by atoms with Gasteiger partial charge in [0.05, 0.1) is 11.7 Å². The van der Waals surface area contributed by atoms with Gasteiger partial charge in [-0.05, 0) is 26.0 Å². The molecule has 1 rings (SSSR count). The zero-order valence-corrected chi connectivity index (χ0v) is 8.28. The summed E-state index contributed by atoms with van der Waals surface area (Å²) in [6, 6.07) is 5.54. The quantitative estimate of drug-likeness (QED) is 0.749. The molecule has 4 heteroatoms. The smallest absolute Gasteiger partial charge is 0.144 e. The van der Waals surface area contributed by atoms with Crippen molar-refractivity contribution in [2.24, 2.45) is 0 Å². The molecule has 2 N–H and O–H groups in total. The van der Waals surface area contributed by atoms with E-state index in [0.717, 1.165) is 5.69 Å². The van der Waals surface area contributed by atoms with Gasteiger partial charge in [0.2, 0.25) is 0 Å². The Bertz CT molecular complexity index is 355. The lowest BCUT2D eigenvalue weighted by Crippen LogP contribution is -2.16. The second-order valence-corrected chi connectivity index (χ2v) is 3.19. The molecule has 0 bridgehead atoms. The lowest BCUT2D eigenvalue weighted by Gasteiger charge is -2.09. The van der Waals surface area contributed by atoms with Crippen LogP contribution >= 0.6 is 0 Å². The van der Waals surface area contributed by atoms with Gasteiger partial charge >= 0.3 is 0 Å². The maximum Gasteiger partial charge on any atom is 0.144 e. The van der Waals surface area contributed by atoms with Crippen LogP contribution in [0.4, 0.5) is 5.82 Å². The second kappa shape index (κ2) is 4.58. The topological polar surface area (TPSA) is 68.9 Å². The van der Waals surface area contributed by atoms with E-state index in [0.29, 0.717) is 17.9 Å². The number of aliphatic hydroxyl groups is 1. The molecule has 0 aliphatic rings. The molecule has 1 atom stereocenters. The molecule has 0 amide bonds. The van der Waals surface area contributed by atoms with Crippen LogP contribution < -0.4 is 5.32 Å². The first-order chi connectivity index (χ1) is 6.63. The predicted octanol–water partition coefficient (Wildman–Crippen LogP) is 1.05. The third-order valence-electron chi connectivity index (χ3n) is 1.72. The van der Waals surface area contributed by atoms with Crippen LogP contribution in [0.25, 0.3) is 0 Å². The van der Waals surface area contributed by atoms with E-state index >= 15 is 0 Å². The van der Waals surface area contributed by atoms with E-state index in [2.05, 4.69) is 10.3 Å². The van der Waals surface area contributed by atoms with E-state index in [-0.39, 0.29) is 0 Å². The maximum absolute atomic E-state index is 9.07. The van der Waals surface area contributed by atoms with Gasteiger partial charge in [-0.2, -0.15) is 5.26 Å². The Labute approximate surface area is 83.2 Å². The summed E-state index contributed by atoms with van der Waals surface area (Å²) in [5, 5.41) is 20.8. The summed E-state index contributed by atoms with van der Waals surface area (Å²) in [5.74, 6) is 0.536. The van der Waals surface area contributed by atoms with Gasteiger partial charge in [0, 0.05) is 12.2 Å². The van der Waals surface area contributed by atoms with Crippen LogP contribution in [0.1, 0.15) is 18.2 Å². The normalized spacial score (nSPS) is 11.9. The van der Waals surface area contributed by atoms with Gasteiger partial charge in [-0.25, -0.2) is 4.98 Å². The molecule has 1 aromatic rings. The molecule has 0 radical (unpaired) electrons. The number of hydrogen-bond acceptors (Lipinski definition) is 4. The molecule has 4 nitrogen and oxygen atoms in total. The van der Waals surface area contributed by atoms with Crippen LogP contribution in [0.5, 0.6) is 0 Å². The fourth-order valence-corrected chi connectivity index (χ4v) is 1.03. The average Bonchev–Trinajstić information content (AvgIpc) is 2.15. The lowest BCUT2D eigenvalue weighted by atomic mass is 10.2. The van der Waals surface area contributed by atoms with Crippen molar-refractivity contribution in [2.45, 2.75) is 20.0 Å². The van der Waals surface area contributed by atoms with Crippen LogP contribution in [0.2, 0.25) is 0 Å². The first-order valence-corrected chi connectivity index (χ1v) is 4.43. The highest BCUT2D eigenvalue weighted by Gasteiger charge is 2.04. The molecule has 0 saturated heterocycles. The Hall–Kier alpha value is -1.60. The number of rotatable bonds is 3. The highest BCUT2D eigenvalue weighted by Crippen LogP contribution is 2.11. The second-order valence-electron chi connectivity index (χ2n) is 3.19. The van der Waals surface area contributed by atoms with Crippen LogP contribution in [0.3, 0.4) is 0 Å². The van der Waals surface area contributed by atoms with Crippen molar-refractivity contribution in [3.05, 3.63) is 23.4 Å². The SMILES string of the molecule is Cc1ccc(C#N)c(NCC(C)O)n1. The minimum Gasteiger partial charge on any atom is -0.392 e. The zero-order chi connectivity index (χ0) is 10.6. The number of hydrogen-bond donors (Lipinski definition) is 2. The molecular formula is C10H13N3O. The van der Waals surface area contributed by atoms with Gasteiger partial charge in [-0.3, -0.25) is 0 Å². The van der Waals surface area contributed by atoms with Crippen molar-refractivity contribution in [3.63, 3.8) is 0 Å². The third-order valence-corrected chi connectivity index (χ3v) is 1.72. The molecule has 1 aromatic heterocycles. The Morgan fingerprint density at radius 2 is 2.36 bits per heavy atom. The largest absolute Gasteiger partial charge is 0.392 e. The van der Waals surface area contributed by atoms with E-state index in [9.17, 15) is 0 Å². The van der Waals surface area contributed by atoms with Gasteiger partial charge in [-0.15, -0.1) is 0 Å². The van der Waals surface area contributed by atoms with Crippen LogP contribution in [-0.4, -0.2) is 22.7 Å². The molecule has 0 saturated carbocycles. The van der Waals surface area contributed by atoms with Crippen molar-refractivity contribution in [3.8, 4) is 6.07 Å². The Balaban J connectivity index is 2.84. The van der Waals surface area contributed by atoms with E-state index in [4.69, 9.17) is 10.4 Å². The van der Waals surface area contributed by atoms with Crippen molar-refractivity contribution in [1.29, 1.82) is 5.26 Å². The molecule has 0 aliphatic heterocycles. The van der Waals surface area contributed by atoms with Crippen LogP contribution in [0.15, 0.2) is 12.1 Å². The molecule has 0 aromatic carbocycles. The molecule has 14 heavy (non-hydrogen) atoms. The highest BCUT2D eigenvalue weighted by atomic mass is 16.3. The van der Waals surface area contributed by atoms with Gasteiger partial charge in [0.25, 0.3) is 0 Å². The number of aliphatic hydroxyl groups excluding tert-OH is 1. The minimum absolute atomic E-state index is 0.394. The third kappa shape index (κ3) is 2.71. The van der Waals surface area contributed by atoms with Crippen molar-refractivity contribution in [1.82, 2.24) is 4.98 Å². The van der Waals surface area contributed by atoms with Gasteiger partial charge < -0.3 is 10.4 Å². The summed E-state index contributed by atoms with van der Waals surface area (Å²) in [4.78, 5) is 4.17. The number of nitrogens with zero attached hydrogens (tertiary/aromatic N) is 2. The van der Waals surface area contributed by atoms with E-state index < -0.39 is 6.10 Å². The van der Waals surface area contributed by atoms with E-state index in [1.807, 2.05) is 13.0 Å². The number of nitrogens with one attached hydrogen (secondary N) is 1. The monoisotopic (exact) mass is 191 g/mol. The van der Waals surface area contributed by atoms with Gasteiger partial charge in [-0.1, -0.05) is 0 Å². The van der Waals surface area contributed by atoms with E-state index in [1.165, 1.54) is 0 Å². The van der Waals surface area contributed by atoms with E-state index in [1.54, 1.807) is 19.1 Å². The molecule has 0 fully saturated rings. The predicted molar refractivity (Wildman–Crippen MR) is 53.9 cm³/mol. The summed E-state index contributed by atoms with van der Waals surface area (Å²) >= 11 is 0. The molecule has 74 valence electrons. The Morgan fingerprint density at radius 1 is 1.64 bits per heavy atom. The Kier molecular flexibility index (Phi) is 3.43. The molecule has 0 aliphatic carbocycles. The summed E-state index contributed by atoms with van der Waals surface area (Å²) in [7, 11) is 0. The summed E-state index contributed by atoms with van der Waals surface area (Å²) < 4.78 is 0. The van der Waals surface area contributed by atoms with Crippen molar-refractivity contribution < 1.29 is 5.11 Å². The highest BCUT2D eigenvalue weighted by molar-refractivity contribution is 5.52. The number of aromatic nitrogens is 1. The van der Waals surface area contributed by atoms with Crippen LogP contribution in [-0.2, 0) is 0 Å². The summed E-state index contributed by atoms with van der Waals surface area (Å²) in [6.45, 7) is 3.93. The van der Waals surface area contributed by atoms with Gasteiger partial charge in [0.1, 0.15) is 11.9 Å². The molecule has 1 heterocycles. The Morgan fingerprint density at radius 3 is 2.93 bits per heavy atom. The van der Waals surface area contributed by atoms with Crippen LogP contribution in [0, 0.1) is 18.3 Å². The number of pyridine rings is 1. The fraction of sp³-hybridized carbons (Fsp3) is 0.400. The number of anilines is 1. The zero-order valence-electron chi connectivity index (χ0n) is 8.28. The minimum atomic E-state index is -0.455. The molecule has 0 spiro atoms. The average molecular weight is 191 g/mol. The summed E-state index contributed by atoms with van der Waals surface area (Å²) in [5.41, 5.74) is 1.34. The number of aryl methyl sites for hydroxylation is 1. The molecule has 1 unspecified atom stereocenters. The number of nitriles is 1. The van der Waals surface area contributed by atoms with Crippen molar-refractivity contribution >= 4 is 5.82 Å². The summed E-state index contributed by atoms with van der Waals surface area (Å²) in [6.07, 6.45) is -0.455. The van der Waals surface area contributed by atoms with Crippen molar-refractivity contribution in [2.75, 3.05) is 11.9 Å². The first-order valence-electron chi connectivity index (χ1n) is 4.43. The first kappa shape index (κ1) is 10.5. The lowest BCUT2D eigenvalue weighted by molar-refractivity contribution is 0.208. The van der Waals surface area contributed by atoms with Gasteiger partial charge in [0.15, 0.2) is 0 Å². The maximum atomic E-state index is 9.07. The fourth-order valence-electron chi connectivity index (χ4n) is 1.03. The standard InChI is InChI=1S/C10H13N3O/c1-7-3-4-9(5-11)10(13-7)12-6-8(2)14/h3-4,8,14H,6H2,1-2H3,(H,12,13). The molecular weight excluding hydrogens is 178 g/mol.